The molecule has 4 heteroatoms. The molecular weight excluding hydrogens is 338 g/mol. The number of hydrogen-bond donors (Lipinski definition) is 1. The standard InChI is InChI=1S/C16H17BrClNO/c1-11(13-5-3-4-6-15(13)18)19-10-12-7-8-16(20-2)14(17)9-12/h3-9,11,19H,10H2,1-2H3/t11-/m1/s1. The van der Waals surface area contributed by atoms with Crippen LogP contribution in [0.25, 0.3) is 0 Å². The minimum Gasteiger partial charge on any atom is -0.496 e. The van der Waals surface area contributed by atoms with Gasteiger partial charge in [-0.3, -0.25) is 0 Å². The molecule has 0 heterocycles. The second-order valence-corrected chi connectivity index (χ2v) is 5.85. The molecular formula is C16H17BrClNO. The molecule has 1 N–H and O–H groups in total. The SMILES string of the molecule is COc1ccc(CN[C@H](C)c2ccccc2Cl)cc1Br. The highest BCUT2D eigenvalue weighted by molar-refractivity contribution is 9.10. The Morgan fingerprint density at radius 3 is 2.65 bits per heavy atom. The number of hydrogen-bond acceptors (Lipinski definition) is 2. The van der Waals surface area contributed by atoms with E-state index in [2.05, 4.69) is 40.3 Å². The first kappa shape index (κ1) is 15.4. The Morgan fingerprint density at radius 2 is 2.00 bits per heavy atom. The molecule has 1 atom stereocenters. The van der Waals surface area contributed by atoms with Crippen LogP contribution in [0, 0.1) is 0 Å². The summed E-state index contributed by atoms with van der Waals surface area (Å²) in [5, 5.41) is 4.27. The van der Waals surface area contributed by atoms with Crippen LogP contribution in [-0.2, 0) is 6.54 Å². The molecule has 20 heavy (non-hydrogen) atoms. The van der Waals surface area contributed by atoms with Crippen LogP contribution in [0.5, 0.6) is 5.75 Å². The molecule has 0 aliphatic rings. The van der Waals surface area contributed by atoms with E-state index in [1.165, 1.54) is 5.56 Å². The van der Waals surface area contributed by atoms with E-state index in [4.69, 9.17) is 16.3 Å². The topological polar surface area (TPSA) is 21.3 Å². The summed E-state index contributed by atoms with van der Waals surface area (Å²) in [6, 6.07) is 14.2. The summed E-state index contributed by atoms with van der Waals surface area (Å²) >= 11 is 9.70. The van der Waals surface area contributed by atoms with Gasteiger partial charge in [0, 0.05) is 17.6 Å². The van der Waals surface area contributed by atoms with Crippen LogP contribution >= 0.6 is 27.5 Å². The number of ether oxygens (including phenoxy) is 1. The number of rotatable bonds is 5. The van der Waals surface area contributed by atoms with Gasteiger partial charge >= 0.3 is 0 Å². The van der Waals surface area contributed by atoms with E-state index in [9.17, 15) is 0 Å². The van der Waals surface area contributed by atoms with Crippen LogP contribution in [0.3, 0.4) is 0 Å². The van der Waals surface area contributed by atoms with Crippen LogP contribution in [0.4, 0.5) is 0 Å². The maximum atomic E-state index is 6.20. The quantitative estimate of drug-likeness (QED) is 0.819. The first-order valence-electron chi connectivity index (χ1n) is 6.42. The number of methoxy groups -OCH3 is 1. The highest BCUT2D eigenvalue weighted by Crippen LogP contribution is 2.26. The van der Waals surface area contributed by atoms with E-state index >= 15 is 0 Å². The fourth-order valence-corrected chi connectivity index (χ4v) is 2.91. The minimum absolute atomic E-state index is 0.199. The van der Waals surface area contributed by atoms with Gasteiger partial charge in [-0.05, 0) is 52.2 Å². The molecule has 0 saturated carbocycles. The largest absolute Gasteiger partial charge is 0.496 e. The molecule has 0 fully saturated rings. The maximum Gasteiger partial charge on any atom is 0.133 e. The smallest absolute Gasteiger partial charge is 0.133 e. The third-order valence-corrected chi connectivity index (χ3v) is 4.16. The van der Waals surface area contributed by atoms with Crippen LogP contribution < -0.4 is 10.1 Å². The van der Waals surface area contributed by atoms with Crippen molar-refractivity contribution in [2.24, 2.45) is 0 Å². The van der Waals surface area contributed by atoms with Crippen molar-refractivity contribution in [2.75, 3.05) is 7.11 Å². The van der Waals surface area contributed by atoms with E-state index in [1.807, 2.05) is 30.3 Å². The average Bonchev–Trinajstić information content (AvgIpc) is 2.45. The van der Waals surface area contributed by atoms with Crippen molar-refractivity contribution in [2.45, 2.75) is 19.5 Å². The second kappa shape index (κ2) is 7.11. The predicted molar refractivity (Wildman–Crippen MR) is 87.4 cm³/mol. The number of halogens is 2. The molecule has 0 aliphatic carbocycles. The predicted octanol–water partition coefficient (Wildman–Crippen LogP) is 4.96. The van der Waals surface area contributed by atoms with Gasteiger partial charge in [0.1, 0.15) is 5.75 Å². The van der Waals surface area contributed by atoms with Gasteiger partial charge in [0.15, 0.2) is 0 Å². The van der Waals surface area contributed by atoms with Crippen LogP contribution in [0.1, 0.15) is 24.1 Å². The fraction of sp³-hybridized carbons (Fsp3) is 0.250. The summed E-state index contributed by atoms with van der Waals surface area (Å²) < 4.78 is 6.19. The molecule has 0 radical (unpaired) electrons. The normalized spacial score (nSPS) is 12.2. The molecule has 2 aromatic carbocycles. The van der Waals surface area contributed by atoms with E-state index in [0.717, 1.165) is 27.4 Å². The summed E-state index contributed by atoms with van der Waals surface area (Å²) in [4.78, 5) is 0. The van der Waals surface area contributed by atoms with Crippen molar-refractivity contribution in [3.8, 4) is 5.75 Å². The Bertz CT molecular complexity index is 588. The van der Waals surface area contributed by atoms with Gasteiger partial charge in [-0.2, -0.15) is 0 Å². The molecule has 0 aromatic heterocycles. The molecule has 0 aliphatic heterocycles. The molecule has 2 nitrogen and oxygen atoms in total. The second-order valence-electron chi connectivity index (χ2n) is 4.59. The average molecular weight is 355 g/mol. The lowest BCUT2D eigenvalue weighted by Crippen LogP contribution is -2.18. The third kappa shape index (κ3) is 3.75. The monoisotopic (exact) mass is 353 g/mol. The Hall–Kier alpha value is -1.03. The minimum atomic E-state index is 0.199. The van der Waals surface area contributed by atoms with E-state index < -0.39 is 0 Å². The van der Waals surface area contributed by atoms with Crippen molar-refractivity contribution in [1.29, 1.82) is 0 Å². The number of benzene rings is 2. The van der Waals surface area contributed by atoms with Crippen LogP contribution in [-0.4, -0.2) is 7.11 Å². The zero-order valence-electron chi connectivity index (χ0n) is 11.5. The Morgan fingerprint density at radius 1 is 1.25 bits per heavy atom. The fourth-order valence-electron chi connectivity index (χ4n) is 2.03. The Labute approximate surface area is 133 Å². The van der Waals surface area contributed by atoms with E-state index in [1.54, 1.807) is 7.11 Å². The lowest BCUT2D eigenvalue weighted by Gasteiger charge is -2.16. The first-order chi connectivity index (χ1) is 9.61. The molecule has 0 bridgehead atoms. The zero-order valence-corrected chi connectivity index (χ0v) is 13.8. The molecule has 2 rings (SSSR count). The lowest BCUT2D eigenvalue weighted by atomic mass is 10.1. The van der Waals surface area contributed by atoms with Gasteiger partial charge in [0.25, 0.3) is 0 Å². The van der Waals surface area contributed by atoms with Gasteiger partial charge in [0.2, 0.25) is 0 Å². The summed E-state index contributed by atoms with van der Waals surface area (Å²) in [5.74, 6) is 0.841. The zero-order chi connectivity index (χ0) is 14.5. The van der Waals surface area contributed by atoms with Crippen LogP contribution in [0.2, 0.25) is 5.02 Å². The van der Waals surface area contributed by atoms with Crippen molar-refractivity contribution in [3.63, 3.8) is 0 Å². The van der Waals surface area contributed by atoms with Crippen molar-refractivity contribution < 1.29 is 4.74 Å². The van der Waals surface area contributed by atoms with Gasteiger partial charge in [-0.1, -0.05) is 35.9 Å². The Kier molecular flexibility index (Phi) is 5.46. The highest BCUT2D eigenvalue weighted by Gasteiger charge is 2.09. The molecule has 0 saturated heterocycles. The van der Waals surface area contributed by atoms with Gasteiger partial charge in [-0.25, -0.2) is 0 Å². The molecule has 2 aromatic rings. The number of nitrogens with one attached hydrogen (secondary N) is 1. The van der Waals surface area contributed by atoms with Crippen molar-refractivity contribution in [3.05, 3.63) is 63.1 Å². The lowest BCUT2D eigenvalue weighted by molar-refractivity contribution is 0.412. The first-order valence-corrected chi connectivity index (χ1v) is 7.59. The summed E-state index contributed by atoms with van der Waals surface area (Å²) in [6.07, 6.45) is 0. The molecule has 0 unspecified atom stereocenters. The van der Waals surface area contributed by atoms with Crippen LogP contribution in [0.15, 0.2) is 46.9 Å². The maximum absolute atomic E-state index is 6.20. The summed E-state index contributed by atoms with van der Waals surface area (Å²) in [6.45, 7) is 2.88. The van der Waals surface area contributed by atoms with Crippen molar-refractivity contribution >= 4 is 27.5 Å². The summed E-state index contributed by atoms with van der Waals surface area (Å²) in [5.41, 5.74) is 2.30. The van der Waals surface area contributed by atoms with Gasteiger partial charge in [-0.15, -0.1) is 0 Å². The molecule has 106 valence electrons. The molecule has 0 amide bonds. The highest BCUT2D eigenvalue weighted by atomic mass is 79.9. The molecule has 0 spiro atoms. The van der Waals surface area contributed by atoms with E-state index in [-0.39, 0.29) is 6.04 Å². The Balaban J connectivity index is 2.02. The van der Waals surface area contributed by atoms with Gasteiger partial charge < -0.3 is 10.1 Å². The summed E-state index contributed by atoms with van der Waals surface area (Å²) in [7, 11) is 1.66. The third-order valence-electron chi connectivity index (χ3n) is 3.20. The van der Waals surface area contributed by atoms with Crippen molar-refractivity contribution in [1.82, 2.24) is 5.32 Å². The van der Waals surface area contributed by atoms with Gasteiger partial charge in [0.05, 0.1) is 11.6 Å². The van der Waals surface area contributed by atoms with E-state index in [0.29, 0.717) is 0 Å².